The largest absolute Gasteiger partial charge is 0.493 e. The van der Waals surface area contributed by atoms with Gasteiger partial charge in [-0.25, -0.2) is 9.97 Å². The fourth-order valence-corrected chi connectivity index (χ4v) is 4.29. The van der Waals surface area contributed by atoms with Crippen LogP contribution in [0.5, 0.6) is 11.5 Å². The first kappa shape index (κ1) is 24.5. The van der Waals surface area contributed by atoms with Gasteiger partial charge in [-0.05, 0) is 29.3 Å². The van der Waals surface area contributed by atoms with Gasteiger partial charge in [0.2, 0.25) is 5.91 Å². The molecule has 5 rings (SSSR count). The number of benzene rings is 3. The van der Waals surface area contributed by atoms with E-state index in [-0.39, 0.29) is 6.10 Å². The Morgan fingerprint density at radius 2 is 1.65 bits per heavy atom. The number of nitrogens with zero attached hydrogens (tertiary/aromatic N) is 2. The number of primary amides is 1. The number of carbonyl (C=O) groups excluding carboxylic acids is 1. The van der Waals surface area contributed by atoms with Gasteiger partial charge in [-0.3, -0.25) is 4.79 Å². The van der Waals surface area contributed by atoms with Gasteiger partial charge >= 0.3 is 6.18 Å². The van der Waals surface area contributed by atoms with E-state index in [1.165, 1.54) is 18.5 Å². The summed E-state index contributed by atoms with van der Waals surface area (Å²) in [6.07, 6.45) is -2.93. The number of nitrogens with two attached hydrogens (primary N) is 1. The molecule has 1 saturated heterocycles. The summed E-state index contributed by atoms with van der Waals surface area (Å²) in [6, 6.07) is 15.1. The first-order valence-electron chi connectivity index (χ1n) is 11.5. The molecule has 3 aromatic carbocycles. The summed E-state index contributed by atoms with van der Waals surface area (Å²) >= 11 is 0. The molecule has 1 fully saturated rings. The highest BCUT2D eigenvalue weighted by Crippen LogP contribution is 2.37. The topological polar surface area (TPSA) is 99.4 Å². The molecule has 37 heavy (non-hydrogen) atoms. The highest BCUT2D eigenvalue weighted by Gasteiger charge is 2.31. The minimum Gasteiger partial charge on any atom is -0.493 e. The van der Waals surface area contributed by atoms with Crippen LogP contribution in [0.15, 0.2) is 67.0 Å². The summed E-state index contributed by atoms with van der Waals surface area (Å²) in [7, 11) is 1.57. The first-order valence-corrected chi connectivity index (χ1v) is 11.5. The van der Waals surface area contributed by atoms with E-state index in [4.69, 9.17) is 15.2 Å². The molecular weight excluding hydrogens is 485 g/mol. The zero-order valence-electron chi connectivity index (χ0n) is 19.8. The van der Waals surface area contributed by atoms with Crippen LogP contribution in [0.25, 0.3) is 22.2 Å². The highest BCUT2D eigenvalue weighted by atomic mass is 19.4. The number of nitrogens with one attached hydrogen (secondary N) is 1. The lowest BCUT2D eigenvalue weighted by atomic mass is 9.89. The summed E-state index contributed by atoms with van der Waals surface area (Å²) in [5.74, 6) is -0.413. The zero-order valence-corrected chi connectivity index (χ0v) is 19.8. The van der Waals surface area contributed by atoms with Crippen molar-refractivity contribution in [3.63, 3.8) is 0 Å². The number of ether oxygens (including phenoxy) is 2. The molecule has 4 aromatic rings. The van der Waals surface area contributed by atoms with Gasteiger partial charge in [-0.1, -0.05) is 36.4 Å². The summed E-state index contributed by atoms with van der Waals surface area (Å²) < 4.78 is 50.4. The van der Waals surface area contributed by atoms with Crippen LogP contribution in [0.3, 0.4) is 0 Å². The molecular formula is C27H23F3N4O3. The highest BCUT2D eigenvalue weighted by molar-refractivity contribution is 5.94. The summed E-state index contributed by atoms with van der Waals surface area (Å²) in [5.41, 5.74) is 7.85. The van der Waals surface area contributed by atoms with E-state index < -0.39 is 23.6 Å². The maximum absolute atomic E-state index is 12.9. The Labute approximate surface area is 210 Å². The van der Waals surface area contributed by atoms with Crippen molar-refractivity contribution in [1.29, 1.82) is 0 Å². The van der Waals surface area contributed by atoms with Crippen LogP contribution in [-0.4, -0.2) is 42.2 Å². The molecule has 1 atom stereocenters. The van der Waals surface area contributed by atoms with Gasteiger partial charge < -0.3 is 20.5 Å². The Hall–Kier alpha value is -4.18. The smallest absolute Gasteiger partial charge is 0.416 e. The fourth-order valence-electron chi connectivity index (χ4n) is 4.29. The van der Waals surface area contributed by atoms with E-state index in [1.54, 1.807) is 31.4 Å². The van der Waals surface area contributed by atoms with Gasteiger partial charge in [0.05, 0.1) is 29.8 Å². The van der Waals surface area contributed by atoms with Crippen molar-refractivity contribution >= 4 is 16.8 Å². The number of alkyl halides is 3. The average molecular weight is 509 g/mol. The SMILES string of the molecule is COc1cc2c(-c3ccc(C(C(N)=O)c4ccc(C(F)(F)F)cc4)cc3)ncnc2cc1OC1CNC1. The number of aromatic nitrogens is 2. The monoisotopic (exact) mass is 508 g/mol. The third-order valence-corrected chi connectivity index (χ3v) is 6.33. The van der Waals surface area contributed by atoms with Gasteiger partial charge in [0.25, 0.3) is 0 Å². The van der Waals surface area contributed by atoms with Crippen molar-refractivity contribution in [3.8, 4) is 22.8 Å². The molecule has 1 amide bonds. The van der Waals surface area contributed by atoms with E-state index in [0.717, 1.165) is 36.2 Å². The number of fused-ring (bicyclic) bond motifs is 1. The first-order chi connectivity index (χ1) is 17.7. The number of methoxy groups -OCH3 is 1. The van der Waals surface area contributed by atoms with E-state index in [9.17, 15) is 18.0 Å². The predicted octanol–water partition coefficient (Wildman–Crippen LogP) is 4.29. The summed E-state index contributed by atoms with van der Waals surface area (Å²) in [4.78, 5) is 21.1. The van der Waals surface area contributed by atoms with Crippen LogP contribution < -0.4 is 20.5 Å². The lowest BCUT2D eigenvalue weighted by Crippen LogP contribution is -2.50. The number of hydrogen-bond donors (Lipinski definition) is 2. The van der Waals surface area contributed by atoms with Crippen LogP contribution in [-0.2, 0) is 11.0 Å². The van der Waals surface area contributed by atoms with Crippen molar-refractivity contribution in [2.45, 2.75) is 18.2 Å². The molecule has 7 nitrogen and oxygen atoms in total. The second-order valence-corrected chi connectivity index (χ2v) is 8.72. The Morgan fingerprint density at radius 3 is 2.19 bits per heavy atom. The summed E-state index contributed by atoms with van der Waals surface area (Å²) in [5, 5.41) is 3.91. The Balaban J connectivity index is 1.48. The van der Waals surface area contributed by atoms with Crippen LogP contribution in [0, 0.1) is 0 Å². The molecule has 1 aliphatic heterocycles. The number of halogens is 3. The van der Waals surface area contributed by atoms with E-state index >= 15 is 0 Å². The van der Waals surface area contributed by atoms with Crippen molar-refractivity contribution in [1.82, 2.24) is 15.3 Å². The lowest BCUT2D eigenvalue weighted by molar-refractivity contribution is -0.137. The maximum atomic E-state index is 12.9. The molecule has 1 aliphatic rings. The predicted molar refractivity (Wildman–Crippen MR) is 131 cm³/mol. The van der Waals surface area contributed by atoms with E-state index in [1.807, 2.05) is 12.1 Å². The lowest BCUT2D eigenvalue weighted by Gasteiger charge is -2.28. The Morgan fingerprint density at radius 1 is 1.00 bits per heavy atom. The molecule has 10 heteroatoms. The average Bonchev–Trinajstić information content (AvgIpc) is 2.85. The molecule has 0 spiro atoms. The second-order valence-electron chi connectivity index (χ2n) is 8.72. The van der Waals surface area contributed by atoms with E-state index in [2.05, 4.69) is 15.3 Å². The quantitative estimate of drug-likeness (QED) is 0.386. The number of hydrogen-bond acceptors (Lipinski definition) is 6. The Kier molecular flexibility index (Phi) is 6.43. The van der Waals surface area contributed by atoms with Gasteiger partial charge in [0.15, 0.2) is 11.5 Å². The molecule has 1 aromatic heterocycles. The normalized spacial score (nSPS) is 14.7. The van der Waals surface area contributed by atoms with Gasteiger partial charge in [-0.2, -0.15) is 13.2 Å². The molecule has 2 heterocycles. The molecule has 0 bridgehead atoms. The molecule has 0 saturated carbocycles. The van der Waals surface area contributed by atoms with Crippen molar-refractivity contribution in [3.05, 3.63) is 83.7 Å². The third-order valence-electron chi connectivity index (χ3n) is 6.33. The van der Waals surface area contributed by atoms with Gasteiger partial charge in [0, 0.05) is 30.1 Å². The molecule has 0 aliphatic carbocycles. The maximum Gasteiger partial charge on any atom is 0.416 e. The van der Waals surface area contributed by atoms with Crippen LogP contribution in [0.2, 0.25) is 0 Å². The van der Waals surface area contributed by atoms with Crippen molar-refractivity contribution < 1.29 is 27.4 Å². The molecule has 1 unspecified atom stereocenters. The van der Waals surface area contributed by atoms with Gasteiger partial charge in [0.1, 0.15) is 12.4 Å². The number of carbonyl (C=O) groups is 1. The van der Waals surface area contributed by atoms with E-state index in [0.29, 0.717) is 33.8 Å². The van der Waals surface area contributed by atoms with Crippen molar-refractivity contribution in [2.24, 2.45) is 5.73 Å². The fraction of sp³-hybridized carbons (Fsp3) is 0.222. The number of amides is 1. The van der Waals surface area contributed by atoms with Crippen LogP contribution >= 0.6 is 0 Å². The minimum absolute atomic E-state index is 0.0723. The molecule has 3 N–H and O–H groups in total. The third kappa shape index (κ3) is 4.92. The van der Waals surface area contributed by atoms with Crippen LogP contribution in [0.1, 0.15) is 22.6 Å². The summed E-state index contributed by atoms with van der Waals surface area (Å²) in [6.45, 7) is 1.53. The minimum atomic E-state index is -4.47. The molecule has 190 valence electrons. The standard InChI is InChI=1S/C27H23F3N4O3/c1-36-22-10-20-21(11-23(22)37-19-12-32-13-19)33-14-34-25(20)17-4-2-15(3-5-17)24(26(31)35)16-6-8-18(9-7-16)27(28,29)30/h2-11,14,19,24,32H,12-13H2,1H3,(H2,31,35). The zero-order chi connectivity index (χ0) is 26.2. The van der Waals surface area contributed by atoms with Crippen molar-refractivity contribution in [2.75, 3.05) is 20.2 Å². The van der Waals surface area contributed by atoms with Crippen LogP contribution in [0.4, 0.5) is 13.2 Å². The Bertz CT molecular complexity index is 1440. The van der Waals surface area contributed by atoms with Gasteiger partial charge in [-0.15, -0.1) is 0 Å². The second kappa shape index (κ2) is 9.70. The molecule has 0 radical (unpaired) electrons. The number of rotatable bonds is 7.